The van der Waals surface area contributed by atoms with E-state index in [2.05, 4.69) is 5.32 Å². The highest BCUT2D eigenvalue weighted by Crippen LogP contribution is 2.01. The van der Waals surface area contributed by atoms with Gasteiger partial charge in [0.15, 0.2) is 0 Å². The molecule has 0 saturated carbocycles. The van der Waals surface area contributed by atoms with Crippen molar-refractivity contribution in [2.75, 3.05) is 13.1 Å². The van der Waals surface area contributed by atoms with Crippen molar-refractivity contribution < 1.29 is 10.2 Å². The van der Waals surface area contributed by atoms with Crippen LogP contribution in [0.25, 0.3) is 0 Å². The average molecular weight is 177 g/mol. The molecule has 76 valence electrons. The zero-order valence-corrected chi connectivity index (χ0v) is 8.67. The van der Waals surface area contributed by atoms with Crippen LogP contribution in [0.5, 0.6) is 0 Å². The molecule has 2 atom stereocenters. The van der Waals surface area contributed by atoms with E-state index < -0.39 is 12.2 Å². The molecular formula is C9H23NO2. The summed E-state index contributed by atoms with van der Waals surface area (Å²) in [6, 6.07) is 0. The maximum Gasteiger partial charge on any atom is 0.0923 e. The number of piperidine rings is 1. The number of hydrogen-bond donors (Lipinski definition) is 3. The lowest BCUT2D eigenvalue weighted by Crippen LogP contribution is -2.43. The van der Waals surface area contributed by atoms with E-state index in [1.54, 1.807) is 0 Å². The van der Waals surface area contributed by atoms with Gasteiger partial charge in [0.1, 0.15) is 0 Å². The van der Waals surface area contributed by atoms with E-state index in [9.17, 15) is 0 Å². The third-order valence-electron chi connectivity index (χ3n) is 1.41. The molecule has 3 heteroatoms. The van der Waals surface area contributed by atoms with Gasteiger partial charge in [-0.15, -0.1) is 0 Å². The van der Waals surface area contributed by atoms with Gasteiger partial charge in [-0.2, -0.15) is 0 Å². The number of rotatable bonds is 0. The minimum absolute atomic E-state index is 0.503. The molecule has 0 amide bonds. The Morgan fingerprint density at radius 2 is 1.50 bits per heavy atom. The maximum absolute atomic E-state index is 8.89. The lowest BCUT2D eigenvalue weighted by Gasteiger charge is -2.23. The lowest BCUT2D eigenvalue weighted by molar-refractivity contribution is 0.000433. The van der Waals surface area contributed by atoms with Crippen molar-refractivity contribution in [1.29, 1.82) is 0 Å². The van der Waals surface area contributed by atoms with Gasteiger partial charge in [-0.05, 0) is 13.0 Å². The highest BCUT2D eigenvalue weighted by molar-refractivity contribution is 4.75. The SMILES string of the molecule is CC.CC.OC1CCNCC1O. The molecule has 1 rings (SSSR count). The second kappa shape index (κ2) is 10.9. The van der Waals surface area contributed by atoms with E-state index in [0.717, 1.165) is 6.54 Å². The predicted octanol–water partition coefficient (Wildman–Crippen LogP) is 0.754. The van der Waals surface area contributed by atoms with Crippen LogP contribution in [0.3, 0.4) is 0 Å². The van der Waals surface area contributed by atoms with Crippen LogP contribution in [0.4, 0.5) is 0 Å². The van der Waals surface area contributed by atoms with E-state index in [1.165, 1.54) is 0 Å². The molecule has 0 bridgehead atoms. The number of hydrogen-bond acceptors (Lipinski definition) is 3. The minimum Gasteiger partial charge on any atom is -0.390 e. The van der Waals surface area contributed by atoms with Gasteiger partial charge in [0.25, 0.3) is 0 Å². The Labute approximate surface area is 75.8 Å². The van der Waals surface area contributed by atoms with Crippen molar-refractivity contribution in [3.8, 4) is 0 Å². The summed E-state index contributed by atoms with van der Waals surface area (Å²) in [6.45, 7) is 9.35. The first-order valence-corrected chi connectivity index (χ1v) is 4.87. The molecule has 1 fully saturated rings. The standard InChI is InChI=1S/C5H11NO2.2C2H6/c7-4-1-2-6-3-5(4)8;2*1-2/h4-8H,1-3H2;2*1-2H3. The Bertz CT molecular complexity index is 68.9. The summed E-state index contributed by atoms with van der Waals surface area (Å²) >= 11 is 0. The first kappa shape index (κ1) is 14.4. The molecule has 1 aliphatic rings. The number of β-amino-alcohol motifs (C(OH)–C–C–N with tert-alkyl or cyclic N) is 1. The zero-order valence-electron chi connectivity index (χ0n) is 8.67. The molecular weight excluding hydrogens is 154 g/mol. The summed E-state index contributed by atoms with van der Waals surface area (Å²) in [5.41, 5.74) is 0. The van der Waals surface area contributed by atoms with E-state index in [1.807, 2.05) is 27.7 Å². The Balaban J connectivity index is 0. The largest absolute Gasteiger partial charge is 0.390 e. The monoisotopic (exact) mass is 177 g/mol. The van der Waals surface area contributed by atoms with Crippen molar-refractivity contribution in [2.24, 2.45) is 0 Å². The number of aliphatic hydroxyl groups excluding tert-OH is 2. The normalized spacial score (nSPS) is 27.5. The maximum atomic E-state index is 8.89. The van der Waals surface area contributed by atoms with Crippen LogP contribution in [0.2, 0.25) is 0 Å². The molecule has 3 nitrogen and oxygen atoms in total. The van der Waals surface area contributed by atoms with E-state index in [4.69, 9.17) is 10.2 Å². The summed E-state index contributed by atoms with van der Waals surface area (Å²) in [5, 5.41) is 20.7. The third-order valence-corrected chi connectivity index (χ3v) is 1.41. The van der Waals surface area contributed by atoms with Crippen molar-refractivity contribution in [3.05, 3.63) is 0 Å². The van der Waals surface area contributed by atoms with Crippen LogP contribution in [0.1, 0.15) is 34.1 Å². The first-order chi connectivity index (χ1) is 5.80. The second-order valence-corrected chi connectivity index (χ2v) is 2.13. The lowest BCUT2D eigenvalue weighted by atomic mass is 10.1. The molecule has 0 aromatic carbocycles. The van der Waals surface area contributed by atoms with Crippen LogP contribution >= 0.6 is 0 Å². The van der Waals surface area contributed by atoms with Crippen LogP contribution in [-0.2, 0) is 0 Å². The fourth-order valence-electron chi connectivity index (χ4n) is 0.828. The molecule has 2 unspecified atom stereocenters. The van der Waals surface area contributed by atoms with Crippen LogP contribution in [0, 0.1) is 0 Å². The molecule has 1 heterocycles. The van der Waals surface area contributed by atoms with Gasteiger partial charge in [-0.25, -0.2) is 0 Å². The number of aliphatic hydroxyl groups is 2. The second-order valence-electron chi connectivity index (χ2n) is 2.13. The molecule has 0 aliphatic carbocycles. The summed E-state index contributed by atoms with van der Waals surface area (Å²) in [7, 11) is 0. The first-order valence-electron chi connectivity index (χ1n) is 4.87. The van der Waals surface area contributed by atoms with Crippen molar-refractivity contribution in [3.63, 3.8) is 0 Å². The number of nitrogens with one attached hydrogen (secondary N) is 1. The average Bonchev–Trinajstić information content (AvgIpc) is 2.17. The molecule has 0 radical (unpaired) electrons. The summed E-state index contributed by atoms with van der Waals surface area (Å²) < 4.78 is 0. The fraction of sp³-hybridized carbons (Fsp3) is 1.00. The van der Waals surface area contributed by atoms with Gasteiger partial charge >= 0.3 is 0 Å². The quantitative estimate of drug-likeness (QED) is 0.512. The van der Waals surface area contributed by atoms with Crippen molar-refractivity contribution in [1.82, 2.24) is 5.32 Å². The molecule has 0 aromatic heterocycles. The Kier molecular flexibility index (Phi) is 13.1. The van der Waals surface area contributed by atoms with Crippen molar-refractivity contribution in [2.45, 2.75) is 46.3 Å². The topological polar surface area (TPSA) is 52.5 Å². The zero-order chi connectivity index (χ0) is 9.98. The summed E-state index contributed by atoms with van der Waals surface area (Å²) in [4.78, 5) is 0. The van der Waals surface area contributed by atoms with E-state index in [-0.39, 0.29) is 0 Å². The minimum atomic E-state index is -0.552. The highest BCUT2D eigenvalue weighted by atomic mass is 16.3. The van der Waals surface area contributed by atoms with E-state index in [0.29, 0.717) is 13.0 Å². The molecule has 0 spiro atoms. The molecule has 1 saturated heterocycles. The third kappa shape index (κ3) is 6.58. The van der Waals surface area contributed by atoms with Crippen LogP contribution in [-0.4, -0.2) is 35.5 Å². The Morgan fingerprint density at radius 1 is 1.00 bits per heavy atom. The summed E-state index contributed by atoms with van der Waals surface area (Å²) in [5.74, 6) is 0. The van der Waals surface area contributed by atoms with E-state index >= 15 is 0 Å². The highest BCUT2D eigenvalue weighted by Gasteiger charge is 2.18. The fourth-order valence-corrected chi connectivity index (χ4v) is 0.828. The molecule has 0 aromatic rings. The smallest absolute Gasteiger partial charge is 0.0923 e. The van der Waals surface area contributed by atoms with Crippen LogP contribution < -0.4 is 5.32 Å². The molecule has 3 N–H and O–H groups in total. The van der Waals surface area contributed by atoms with Crippen molar-refractivity contribution >= 4 is 0 Å². The van der Waals surface area contributed by atoms with Crippen LogP contribution in [0.15, 0.2) is 0 Å². The van der Waals surface area contributed by atoms with Gasteiger partial charge in [-0.3, -0.25) is 0 Å². The van der Waals surface area contributed by atoms with Gasteiger partial charge in [0, 0.05) is 6.54 Å². The molecule has 1 aliphatic heterocycles. The Morgan fingerprint density at radius 3 is 1.75 bits per heavy atom. The van der Waals surface area contributed by atoms with Gasteiger partial charge in [0.2, 0.25) is 0 Å². The summed E-state index contributed by atoms with van der Waals surface area (Å²) in [6.07, 6.45) is -0.388. The van der Waals surface area contributed by atoms with Gasteiger partial charge in [0.05, 0.1) is 12.2 Å². The van der Waals surface area contributed by atoms with Gasteiger partial charge in [-0.1, -0.05) is 27.7 Å². The molecule has 12 heavy (non-hydrogen) atoms. The predicted molar refractivity (Wildman–Crippen MR) is 52.2 cm³/mol. The van der Waals surface area contributed by atoms with Gasteiger partial charge < -0.3 is 15.5 Å². The Hall–Kier alpha value is -0.120.